The number of unbranched alkanes of at least 4 members (excludes halogenated alkanes) is 3. The molecule has 2 heteroatoms. The van der Waals surface area contributed by atoms with Gasteiger partial charge in [0.15, 0.2) is 0 Å². The smallest absolute Gasteiger partial charge is 0.309 e. The van der Waals surface area contributed by atoms with E-state index in [0.717, 1.165) is 12.3 Å². The minimum absolute atomic E-state index is 0.0169. The van der Waals surface area contributed by atoms with E-state index in [0.29, 0.717) is 6.42 Å². The van der Waals surface area contributed by atoms with Gasteiger partial charge in [0.1, 0.15) is 6.10 Å². The van der Waals surface area contributed by atoms with Crippen LogP contribution >= 0.6 is 0 Å². The summed E-state index contributed by atoms with van der Waals surface area (Å²) in [5.41, 5.74) is 0. The Kier molecular flexibility index (Phi) is 5.74. The molecule has 88 valence electrons. The highest BCUT2D eigenvalue weighted by molar-refractivity contribution is 5.75. The van der Waals surface area contributed by atoms with E-state index >= 15 is 0 Å². The van der Waals surface area contributed by atoms with Crippen molar-refractivity contribution in [3.8, 4) is 0 Å². The highest BCUT2D eigenvalue weighted by atomic mass is 16.6. The molecule has 1 fully saturated rings. The molecule has 1 rings (SSSR count). The van der Waals surface area contributed by atoms with E-state index in [1.165, 1.54) is 38.5 Å². The first-order valence-corrected chi connectivity index (χ1v) is 6.41. The zero-order valence-electron chi connectivity index (χ0n) is 10.1. The maximum Gasteiger partial charge on any atom is 0.309 e. The fourth-order valence-corrected chi connectivity index (χ4v) is 1.95. The molecule has 0 aromatic carbocycles. The number of rotatable bonds is 8. The summed E-state index contributed by atoms with van der Waals surface area (Å²) in [4.78, 5) is 10.5. The highest BCUT2D eigenvalue weighted by Crippen LogP contribution is 2.20. The predicted octanol–water partition coefficient (Wildman–Crippen LogP) is 3.69. The second-order valence-electron chi connectivity index (χ2n) is 4.82. The maximum atomic E-state index is 10.5. The molecule has 0 saturated carbocycles. The first-order valence-electron chi connectivity index (χ1n) is 6.41. The van der Waals surface area contributed by atoms with Gasteiger partial charge >= 0.3 is 5.97 Å². The van der Waals surface area contributed by atoms with Crippen molar-refractivity contribution in [2.24, 2.45) is 5.92 Å². The predicted molar refractivity (Wildman–Crippen MR) is 61.7 cm³/mol. The Hall–Kier alpha value is -0.530. The maximum absolute atomic E-state index is 10.5. The van der Waals surface area contributed by atoms with E-state index in [1.54, 1.807) is 0 Å². The van der Waals surface area contributed by atoms with E-state index < -0.39 is 0 Å². The van der Waals surface area contributed by atoms with Gasteiger partial charge in [0.2, 0.25) is 0 Å². The van der Waals surface area contributed by atoms with Crippen LogP contribution < -0.4 is 0 Å². The van der Waals surface area contributed by atoms with E-state index in [9.17, 15) is 4.79 Å². The molecule has 0 aromatic heterocycles. The Bertz CT molecular complexity index is 181. The second kappa shape index (κ2) is 6.86. The van der Waals surface area contributed by atoms with Gasteiger partial charge in [0.05, 0.1) is 6.42 Å². The van der Waals surface area contributed by atoms with Crippen LogP contribution in [0.1, 0.15) is 65.2 Å². The molecule has 0 aliphatic carbocycles. The number of hydrogen-bond donors (Lipinski definition) is 0. The van der Waals surface area contributed by atoms with Crippen LogP contribution in [0.25, 0.3) is 0 Å². The first-order chi connectivity index (χ1) is 7.22. The summed E-state index contributed by atoms with van der Waals surface area (Å²) < 4.78 is 4.96. The molecule has 0 radical (unpaired) electrons. The molecule has 1 saturated heterocycles. The normalized spacial score (nSPS) is 22.0. The fourth-order valence-electron chi connectivity index (χ4n) is 1.95. The Balaban J connectivity index is 1.79. The molecule has 0 amide bonds. The molecule has 2 nitrogen and oxygen atoms in total. The fraction of sp³-hybridized carbons (Fsp3) is 0.923. The summed E-state index contributed by atoms with van der Waals surface area (Å²) in [5.74, 6) is 0.870. The number of carbonyl (C=O) groups is 1. The third-order valence-electron chi connectivity index (χ3n) is 3.36. The quantitative estimate of drug-likeness (QED) is 0.453. The Morgan fingerprint density at radius 1 is 1.33 bits per heavy atom. The molecule has 1 aliphatic rings. The molecule has 0 spiro atoms. The lowest BCUT2D eigenvalue weighted by molar-refractivity contribution is -0.169. The van der Waals surface area contributed by atoms with Crippen molar-refractivity contribution < 1.29 is 9.53 Å². The van der Waals surface area contributed by atoms with Crippen molar-refractivity contribution >= 4 is 5.97 Å². The lowest BCUT2D eigenvalue weighted by atomic mass is 9.99. The summed E-state index contributed by atoms with van der Waals surface area (Å²) in [6, 6.07) is 0. The molecule has 1 aliphatic heterocycles. The Labute approximate surface area is 93.4 Å². The minimum Gasteiger partial charge on any atom is -0.462 e. The van der Waals surface area contributed by atoms with Crippen LogP contribution in [-0.2, 0) is 9.53 Å². The second-order valence-corrected chi connectivity index (χ2v) is 4.82. The largest absolute Gasteiger partial charge is 0.462 e. The number of carbonyl (C=O) groups excluding carboxylic acids is 1. The van der Waals surface area contributed by atoms with Gasteiger partial charge in [0.25, 0.3) is 0 Å². The van der Waals surface area contributed by atoms with Crippen LogP contribution in [0.5, 0.6) is 0 Å². The zero-order valence-corrected chi connectivity index (χ0v) is 10.1. The van der Waals surface area contributed by atoms with Gasteiger partial charge in [-0.3, -0.25) is 4.79 Å². The van der Waals surface area contributed by atoms with E-state index in [-0.39, 0.29) is 12.1 Å². The first kappa shape index (κ1) is 12.5. The van der Waals surface area contributed by atoms with E-state index in [2.05, 4.69) is 13.8 Å². The molecule has 0 bridgehead atoms. The van der Waals surface area contributed by atoms with Gasteiger partial charge in [0, 0.05) is 0 Å². The molecular formula is C13H24O2. The van der Waals surface area contributed by atoms with Crippen molar-refractivity contribution in [1.82, 2.24) is 0 Å². The molecular weight excluding hydrogens is 188 g/mol. The molecule has 0 aromatic rings. The van der Waals surface area contributed by atoms with Gasteiger partial charge in [-0.2, -0.15) is 0 Å². The summed E-state index contributed by atoms with van der Waals surface area (Å²) in [5, 5.41) is 0. The minimum atomic E-state index is -0.0169. The van der Waals surface area contributed by atoms with Crippen LogP contribution in [0.2, 0.25) is 0 Å². The van der Waals surface area contributed by atoms with Gasteiger partial charge in [-0.05, 0) is 18.8 Å². The van der Waals surface area contributed by atoms with Crippen LogP contribution in [0.3, 0.4) is 0 Å². The number of hydrogen-bond acceptors (Lipinski definition) is 2. The number of cyclic esters (lactones) is 1. The van der Waals surface area contributed by atoms with Gasteiger partial charge in [-0.25, -0.2) is 0 Å². The topological polar surface area (TPSA) is 26.3 Å². The van der Waals surface area contributed by atoms with Crippen molar-refractivity contribution in [2.75, 3.05) is 0 Å². The summed E-state index contributed by atoms with van der Waals surface area (Å²) in [6.07, 6.45) is 9.88. The standard InChI is InChI=1S/C13H24O2/c1-3-11(2)8-6-4-5-7-9-12-10-13(14)15-12/h11-12H,3-10H2,1-2H3. The molecule has 1 heterocycles. The van der Waals surface area contributed by atoms with Crippen LogP contribution in [-0.4, -0.2) is 12.1 Å². The third-order valence-corrected chi connectivity index (χ3v) is 3.36. The lowest BCUT2D eigenvalue weighted by Gasteiger charge is -2.25. The van der Waals surface area contributed by atoms with E-state index in [1.807, 2.05) is 0 Å². The van der Waals surface area contributed by atoms with Crippen LogP contribution in [0, 0.1) is 5.92 Å². The zero-order chi connectivity index (χ0) is 11.1. The monoisotopic (exact) mass is 212 g/mol. The van der Waals surface area contributed by atoms with Crippen molar-refractivity contribution in [2.45, 2.75) is 71.3 Å². The summed E-state index contributed by atoms with van der Waals surface area (Å²) in [7, 11) is 0. The van der Waals surface area contributed by atoms with Crippen molar-refractivity contribution in [3.63, 3.8) is 0 Å². The molecule has 15 heavy (non-hydrogen) atoms. The highest BCUT2D eigenvalue weighted by Gasteiger charge is 2.27. The average molecular weight is 212 g/mol. The average Bonchev–Trinajstić information content (AvgIpc) is 2.19. The van der Waals surface area contributed by atoms with Gasteiger partial charge in [-0.15, -0.1) is 0 Å². The van der Waals surface area contributed by atoms with Gasteiger partial charge in [-0.1, -0.05) is 46.0 Å². The molecule has 2 unspecified atom stereocenters. The third kappa shape index (κ3) is 5.19. The summed E-state index contributed by atoms with van der Waals surface area (Å²) >= 11 is 0. The van der Waals surface area contributed by atoms with E-state index in [4.69, 9.17) is 4.74 Å². The summed E-state index contributed by atoms with van der Waals surface area (Å²) in [6.45, 7) is 4.59. The molecule has 0 N–H and O–H groups in total. The Morgan fingerprint density at radius 3 is 2.60 bits per heavy atom. The number of esters is 1. The van der Waals surface area contributed by atoms with Crippen molar-refractivity contribution in [1.29, 1.82) is 0 Å². The van der Waals surface area contributed by atoms with Crippen molar-refractivity contribution in [3.05, 3.63) is 0 Å². The molecule has 2 atom stereocenters. The Morgan fingerprint density at radius 2 is 2.00 bits per heavy atom. The van der Waals surface area contributed by atoms with Gasteiger partial charge < -0.3 is 4.74 Å². The SMILES string of the molecule is CCC(C)CCCCCCC1CC(=O)O1. The number of ether oxygens (including phenoxy) is 1. The van der Waals surface area contributed by atoms with Crippen LogP contribution in [0.4, 0.5) is 0 Å². The van der Waals surface area contributed by atoms with Crippen LogP contribution in [0.15, 0.2) is 0 Å². The lowest BCUT2D eigenvalue weighted by Crippen LogP contribution is -2.32.